The zero-order chi connectivity index (χ0) is 13.7. The molecule has 0 spiro atoms. The largest absolute Gasteiger partial charge is 0.399 e. The molecule has 0 bridgehead atoms. The fourth-order valence-corrected chi connectivity index (χ4v) is 2.08. The van der Waals surface area contributed by atoms with Crippen molar-refractivity contribution in [2.24, 2.45) is 0 Å². The van der Waals surface area contributed by atoms with E-state index in [1.807, 2.05) is 0 Å². The molecule has 2 amide bonds. The number of piperazine rings is 1. The molecule has 6 nitrogen and oxygen atoms in total. The lowest BCUT2D eigenvalue weighted by atomic mass is 10.3. The summed E-state index contributed by atoms with van der Waals surface area (Å²) in [6, 6.07) is 7.00. The van der Waals surface area contributed by atoms with Crippen molar-refractivity contribution in [3.8, 4) is 0 Å². The maximum atomic E-state index is 12.0. The van der Waals surface area contributed by atoms with E-state index in [0.717, 1.165) is 18.8 Å². The molecular weight excluding hydrogens is 244 g/mol. The summed E-state index contributed by atoms with van der Waals surface area (Å²) in [6.07, 6.45) is 0. The number of nitrogen functional groups attached to an aromatic ring is 1. The van der Waals surface area contributed by atoms with Crippen LogP contribution in [0.4, 0.5) is 16.2 Å². The van der Waals surface area contributed by atoms with Crippen molar-refractivity contribution in [1.82, 2.24) is 9.80 Å². The maximum absolute atomic E-state index is 12.0. The van der Waals surface area contributed by atoms with Crippen LogP contribution in [0.3, 0.4) is 0 Å². The van der Waals surface area contributed by atoms with E-state index in [2.05, 4.69) is 10.2 Å². The Morgan fingerprint density at radius 3 is 2.42 bits per heavy atom. The molecule has 1 saturated heterocycles. The van der Waals surface area contributed by atoms with Crippen molar-refractivity contribution in [3.63, 3.8) is 0 Å². The maximum Gasteiger partial charge on any atom is 0.321 e. The molecule has 1 heterocycles. The van der Waals surface area contributed by atoms with Gasteiger partial charge in [0.1, 0.15) is 0 Å². The van der Waals surface area contributed by atoms with Gasteiger partial charge in [-0.1, -0.05) is 0 Å². The van der Waals surface area contributed by atoms with Crippen LogP contribution in [0.15, 0.2) is 24.3 Å². The van der Waals surface area contributed by atoms with Gasteiger partial charge in [0.05, 0.1) is 6.61 Å². The van der Waals surface area contributed by atoms with Crippen molar-refractivity contribution < 1.29 is 9.90 Å². The van der Waals surface area contributed by atoms with Gasteiger partial charge in [-0.15, -0.1) is 0 Å². The van der Waals surface area contributed by atoms with Gasteiger partial charge in [0.25, 0.3) is 0 Å². The van der Waals surface area contributed by atoms with Crippen LogP contribution in [0.25, 0.3) is 0 Å². The fraction of sp³-hybridized carbons (Fsp3) is 0.462. The molecule has 19 heavy (non-hydrogen) atoms. The SMILES string of the molecule is Nc1ccc(NC(=O)N2CCN(CCO)CC2)cc1. The Labute approximate surface area is 112 Å². The van der Waals surface area contributed by atoms with E-state index >= 15 is 0 Å². The second-order valence-electron chi connectivity index (χ2n) is 4.60. The van der Waals surface area contributed by atoms with E-state index in [9.17, 15) is 4.79 Å². The number of carbonyl (C=O) groups is 1. The Morgan fingerprint density at radius 1 is 1.21 bits per heavy atom. The second kappa shape index (κ2) is 6.40. The van der Waals surface area contributed by atoms with Gasteiger partial charge in [0.2, 0.25) is 0 Å². The Morgan fingerprint density at radius 2 is 1.84 bits per heavy atom. The summed E-state index contributed by atoms with van der Waals surface area (Å²) in [7, 11) is 0. The molecule has 4 N–H and O–H groups in total. The Kier molecular flexibility index (Phi) is 4.59. The molecule has 1 aromatic carbocycles. The number of aliphatic hydroxyl groups excluding tert-OH is 1. The molecule has 0 atom stereocenters. The minimum atomic E-state index is -0.0894. The second-order valence-corrected chi connectivity index (χ2v) is 4.60. The normalized spacial score (nSPS) is 16.4. The Bertz CT molecular complexity index is 413. The first-order valence-electron chi connectivity index (χ1n) is 6.44. The van der Waals surface area contributed by atoms with Crippen molar-refractivity contribution in [2.75, 3.05) is 50.4 Å². The van der Waals surface area contributed by atoms with Gasteiger partial charge >= 0.3 is 6.03 Å². The molecule has 0 unspecified atom stereocenters. The summed E-state index contributed by atoms with van der Waals surface area (Å²) < 4.78 is 0. The Hall–Kier alpha value is -1.79. The molecule has 0 radical (unpaired) electrons. The summed E-state index contributed by atoms with van der Waals surface area (Å²) in [5, 5.41) is 11.7. The lowest BCUT2D eigenvalue weighted by Gasteiger charge is -2.34. The molecule has 1 aromatic rings. The number of benzene rings is 1. The number of anilines is 2. The van der Waals surface area contributed by atoms with Crippen LogP contribution in [0.2, 0.25) is 0 Å². The minimum absolute atomic E-state index is 0.0894. The average Bonchev–Trinajstić information content (AvgIpc) is 2.42. The van der Waals surface area contributed by atoms with E-state index in [4.69, 9.17) is 10.8 Å². The number of hydrogen-bond acceptors (Lipinski definition) is 4. The van der Waals surface area contributed by atoms with Crippen molar-refractivity contribution in [1.29, 1.82) is 0 Å². The number of nitrogens with two attached hydrogens (primary N) is 1. The highest BCUT2D eigenvalue weighted by Gasteiger charge is 2.20. The van der Waals surface area contributed by atoms with Crippen molar-refractivity contribution in [3.05, 3.63) is 24.3 Å². The molecule has 0 aromatic heterocycles. The highest BCUT2D eigenvalue weighted by molar-refractivity contribution is 5.89. The van der Waals surface area contributed by atoms with Crippen LogP contribution in [0.1, 0.15) is 0 Å². The number of nitrogens with zero attached hydrogens (tertiary/aromatic N) is 2. The highest BCUT2D eigenvalue weighted by Crippen LogP contribution is 2.12. The number of hydrogen-bond donors (Lipinski definition) is 3. The first-order valence-corrected chi connectivity index (χ1v) is 6.44. The number of carbonyl (C=O) groups excluding carboxylic acids is 1. The van der Waals surface area contributed by atoms with Crippen molar-refractivity contribution in [2.45, 2.75) is 0 Å². The zero-order valence-electron chi connectivity index (χ0n) is 10.9. The third-order valence-electron chi connectivity index (χ3n) is 3.24. The molecule has 1 aliphatic rings. The number of β-amino-alcohol motifs (C(OH)–C–C–N with tert-alkyl or cyclic N) is 1. The molecule has 0 aliphatic carbocycles. The van der Waals surface area contributed by atoms with Crippen LogP contribution in [-0.2, 0) is 0 Å². The standard InChI is InChI=1S/C13H20N4O2/c14-11-1-3-12(4-2-11)15-13(19)17-7-5-16(6-8-17)9-10-18/h1-4,18H,5-10,14H2,(H,15,19). The highest BCUT2D eigenvalue weighted by atomic mass is 16.3. The first kappa shape index (κ1) is 13.6. The molecule has 104 valence electrons. The molecule has 0 saturated carbocycles. The van der Waals surface area contributed by atoms with E-state index in [1.165, 1.54) is 0 Å². The predicted molar refractivity (Wildman–Crippen MR) is 75.0 cm³/mol. The summed E-state index contributed by atoms with van der Waals surface area (Å²) in [4.78, 5) is 16.0. The van der Waals surface area contributed by atoms with Crippen LogP contribution in [-0.4, -0.2) is 60.3 Å². The summed E-state index contributed by atoms with van der Waals surface area (Å²) >= 11 is 0. The molecule has 1 aliphatic heterocycles. The minimum Gasteiger partial charge on any atom is -0.399 e. The number of nitrogens with one attached hydrogen (secondary N) is 1. The lowest BCUT2D eigenvalue weighted by Crippen LogP contribution is -2.50. The van der Waals surface area contributed by atoms with Crippen molar-refractivity contribution >= 4 is 17.4 Å². The number of urea groups is 1. The third kappa shape index (κ3) is 3.84. The zero-order valence-corrected chi connectivity index (χ0v) is 10.9. The molecule has 2 rings (SSSR count). The lowest BCUT2D eigenvalue weighted by molar-refractivity contribution is 0.127. The van der Waals surface area contributed by atoms with Crippen LogP contribution in [0.5, 0.6) is 0 Å². The fourth-order valence-electron chi connectivity index (χ4n) is 2.08. The van der Waals surface area contributed by atoms with Gasteiger partial charge in [-0.05, 0) is 24.3 Å². The van der Waals surface area contributed by atoms with E-state index in [0.29, 0.717) is 25.3 Å². The van der Waals surface area contributed by atoms with Gasteiger partial charge in [-0.25, -0.2) is 4.79 Å². The van der Waals surface area contributed by atoms with Gasteiger partial charge < -0.3 is 21.1 Å². The van der Waals surface area contributed by atoms with Gasteiger partial charge in [0.15, 0.2) is 0 Å². The smallest absolute Gasteiger partial charge is 0.321 e. The Balaban J connectivity index is 1.83. The number of rotatable bonds is 3. The number of amides is 2. The topological polar surface area (TPSA) is 81.8 Å². The molecular formula is C13H20N4O2. The van der Waals surface area contributed by atoms with Gasteiger partial charge in [0, 0.05) is 44.1 Å². The number of aliphatic hydroxyl groups is 1. The summed E-state index contributed by atoms with van der Waals surface area (Å²) in [5.74, 6) is 0. The summed E-state index contributed by atoms with van der Waals surface area (Å²) in [5.41, 5.74) is 7.02. The third-order valence-corrected chi connectivity index (χ3v) is 3.24. The van der Waals surface area contributed by atoms with Crippen LogP contribution < -0.4 is 11.1 Å². The average molecular weight is 264 g/mol. The van der Waals surface area contributed by atoms with Gasteiger partial charge in [-0.2, -0.15) is 0 Å². The van der Waals surface area contributed by atoms with Crippen LogP contribution >= 0.6 is 0 Å². The van der Waals surface area contributed by atoms with Gasteiger partial charge in [-0.3, -0.25) is 4.90 Å². The molecule has 6 heteroatoms. The summed E-state index contributed by atoms with van der Waals surface area (Å²) in [6.45, 7) is 3.80. The van der Waals surface area contributed by atoms with E-state index < -0.39 is 0 Å². The van der Waals surface area contributed by atoms with E-state index in [-0.39, 0.29) is 12.6 Å². The monoisotopic (exact) mass is 264 g/mol. The predicted octanol–water partition coefficient (Wildman–Crippen LogP) is 0.411. The van der Waals surface area contributed by atoms with E-state index in [1.54, 1.807) is 29.2 Å². The molecule has 1 fully saturated rings. The first-order chi connectivity index (χ1) is 9.19. The van der Waals surface area contributed by atoms with Crippen LogP contribution in [0, 0.1) is 0 Å². The quantitative estimate of drug-likeness (QED) is 0.691.